The molecule has 0 saturated heterocycles. The number of fused-ring (bicyclic) bond motifs is 3. The number of aliphatic hydroxyl groups excluding tert-OH is 2. The fourth-order valence-corrected chi connectivity index (χ4v) is 7.61. The van der Waals surface area contributed by atoms with Gasteiger partial charge in [0.1, 0.15) is 22.8 Å². The summed E-state index contributed by atoms with van der Waals surface area (Å²) in [5, 5.41) is 45.8. The van der Waals surface area contributed by atoms with E-state index in [0.29, 0.717) is 11.5 Å². The number of hydrogen-bond donors (Lipinski definition) is 4. The van der Waals surface area contributed by atoms with E-state index in [2.05, 4.69) is 19.9 Å². The fraction of sp³-hybridized carbons (Fsp3) is 0.531. The molecule has 7 heteroatoms. The van der Waals surface area contributed by atoms with Crippen LogP contribution in [0.15, 0.2) is 35.1 Å². The number of Topliss-reactive ketones (excluding diaryl/α,β-unsaturated/α-hetero) is 3. The SMILES string of the molecule is CC(=O)C1=C(O)[C@]2(O)C(=O)C3=C(O)c4c(O)ccc(/C(C)=C\CC(C)C)c4C[C@]3(C)C[C@]2(C)C(C(C)C)C1=O. The lowest BCUT2D eigenvalue weighted by atomic mass is 9.43. The van der Waals surface area contributed by atoms with E-state index < -0.39 is 56.8 Å². The molecule has 1 saturated carbocycles. The van der Waals surface area contributed by atoms with Crippen LogP contribution >= 0.6 is 0 Å². The van der Waals surface area contributed by atoms with E-state index in [0.717, 1.165) is 24.5 Å². The molecule has 0 radical (unpaired) electrons. The summed E-state index contributed by atoms with van der Waals surface area (Å²) in [4.78, 5) is 40.4. The topological polar surface area (TPSA) is 132 Å². The molecule has 0 aliphatic heterocycles. The van der Waals surface area contributed by atoms with Crippen LogP contribution in [0.5, 0.6) is 5.75 Å². The first-order chi connectivity index (χ1) is 17.9. The van der Waals surface area contributed by atoms with Crippen molar-refractivity contribution in [2.45, 2.75) is 80.3 Å². The molecule has 3 aliphatic carbocycles. The van der Waals surface area contributed by atoms with E-state index in [-0.39, 0.29) is 35.6 Å². The Bertz CT molecular complexity index is 1390. The lowest BCUT2D eigenvalue weighted by molar-refractivity contribution is -0.178. The summed E-state index contributed by atoms with van der Waals surface area (Å²) >= 11 is 0. The minimum absolute atomic E-state index is 0.0781. The number of aliphatic hydroxyl groups is 3. The van der Waals surface area contributed by atoms with E-state index in [9.17, 15) is 34.8 Å². The van der Waals surface area contributed by atoms with Crippen molar-refractivity contribution in [2.75, 3.05) is 0 Å². The molecule has 4 N–H and O–H groups in total. The highest BCUT2D eigenvalue weighted by atomic mass is 16.3. The highest BCUT2D eigenvalue weighted by molar-refractivity contribution is 6.24. The van der Waals surface area contributed by atoms with Crippen molar-refractivity contribution in [1.29, 1.82) is 0 Å². The standard InChI is InChI=1S/C32H40O7/c1-15(2)9-10-17(5)19-11-12-21(34)23-20(19)13-30(7)14-31(8)24(16(3)4)26(35)22(18(6)33)28(37)32(31,39)29(38)25(30)27(23)36/h10-12,15-16,24,34,36-37,39H,9,13-14H2,1-8H3/b17-10-/t24?,30-,31-,32+/m1/s1. The summed E-state index contributed by atoms with van der Waals surface area (Å²) in [6, 6.07) is 3.28. The fourth-order valence-electron chi connectivity index (χ4n) is 7.61. The first-order valence-corrected chi connectivity index (χ1v) is 13.7. The lowest BCUT2D eigenvalue weighted by Crippen LogP contribution is -2.69. The van der Waals surface area contributed by atoms with Crippen molar-refractivity contribution >= 4 is 28.7 Å². The molecule has 7 nitrogen and oxygen atoms in total. The second-order valence-electron chi connectivity index (χ2n) is 13.0. The number of allylic oxidation sites excluding steroid dienone is 3. The van der Waals surface area contributed by atoms with Crippen LogP contribution in [-0.4, -0.2) is 43.4 Å². The van der Waals surface area contributed by atoms with E-state index in [4.69, 9.17) is 0 Å². The maximum atomic E-state index is 14.3. The van der Waals surface area contributed by atoms with Crippen molar-refractivity contribution < 1.29 is 34.8 Å². The number of carbonyl (C=O) groups is 3. The van der Waals surface area contributed by atoms with Gasteiger partial charge in [0.05, 0.1) is 5.56 Å². The predicted molar refractivity (Wildman–Crippen MR) is 149 cm³/mol. The Hall–Kier alpha value is -3.19. The molecule has 3 aliphatic rings. The van der Waals surface area contributed by atoms with E-state index >= 15 is 0 Å². The number of ketones is 3. The molecule has 1 fully saturated rings. The zero-order valence-corrected chi connectivity index (χ0v) is 24.1. The smallest absolute Gasteiger partial charge is 0.203 e. The molecule has 0 amide bonds. The average molecular weight is 537 g/mol. The minimum atomic E-state index is -2.60. The van der Waals surface area contributed by atoms with E-state index in [1.54, 1.807) is 26.8 Å². The first-order valence-electron chi connectivity index (χ1n) is 13.7. The Morgan fingerprint density at radius 3 is 2.23 bits per heavy atom. The van der Waals surface area contributed by atoms with Gasteiger partial charge in [-0.15, -0.1) is 0 Å². The van der Waals surface area contributed by atoms with Crippen molar-refractivity contribution in [3.63, 3.8) is 0 Å². The van der Waals surface area contributed by atoms with Gasteiger partial charge in [-0.05, 0) is 67.7 Å². The predicted octanol–water partition coefficient (Wildman–Crippen LogP) is 5.64. The normalized spacial score (nSPS) is 31.1. The summed E-state index contributed by atoms with van der Waals surface area (Å²) in [6.07, 6.45) is 3.30. The number of benzene rings is 1. The van der Waals surface area contributed by atoms with Crippen LogP contribution in [-0.2, 0) is 20.8 Å². The second-order valence-corrected chi connectivity index (χ2v) is 13.0. The largest absolute Gasteiger partial charge is 0.508 e. The molecular weight excluding hydrogens is 496 g/mol. The second kappa shape index (κ2) is 9.19. The molecule has 1 unspecified atom stereocenters. The van der Waals surface area contributed by atoms with Gasteiger partial charge in [-0.1, -0.05) is 53.7 Å². The van der Waals surface area contributed by atoms with Crippen molar-refractivity contribution in [3.05, 3.63) is 51.8 Å². The molecule has 4 atom stereocenters. The van der Waals surface area contributed by atoms with Gasteiger partial charge in [-0.2, -0.15) is 0 Å². The third kappa shape index (κ3) is 3.84. The van der Waals surface area contributed by atoms with Gasteiger partial charge in [-0.3, -0.25) is 14.4 Å². The third-order valence-corrected chi connectivity index (χ3v) is 9.21. The number of hydrogen-bond acceptors (Lipinski definition) is 7. The Balaban J connectivity index is 2.04. The Morgan fingerprint density at radius 2 is 1.69 bits per heavy atom. The molecule has 4 rings (SSSR count). The maximum absolute atomic E-state index is 14.3. The Morgan fingerprint density at radius 1 is 1.08 bits per heavy atom. The number of phenolic OH excluding ortho intramolecular Hbond substituents is 1. The Labute approximate surface area is 229 Å². The van der Waals surface area contributed by atoms with Crippen molar-refractivity contribution in [1.82, 2.24) is 0 Å². The number of aromatic hydroxyl groups is 1. The average Bonchev–Trinajstić information content (AvgIpc) is 2.79. The monoisotopic (exact) mass is 536 g/mol. The molecule has 39 heavy (non-hydrogen) atoms. The van der Waals surface area contributed by atoms with Crippen LogP contribution in [0.3, 0.4) is 0 Å². The molecule has 1 aromatic carbocycles. The van der Waals surface area contributed by atoms with Crippen LogP contribution in [0, 0.1) is 28.6 Å². The zero-order chi connectivity index (χ0) is 29.4. The highest BCUT2D eigenvalue weighted by Crippen LogP contribution is 2.65. The number of carbonyl (C=O) groups excluding carboxylic acids is 3. The van der Waals surface area contributed by atoms with Gasteiger partial charge >= 0.3 is 0 Å². The van der Waals surface area contributed by atoms with Crippen LogP contribution in [0.4, 0.5) is 0 Å². The lowest BCUT2D eigenvalue weighted by Gasteiger charge is -2.59. The maximum Gasteiger partial charge on any atom is 0.203 e. The molecule has 0 aromatic heterocycles. The minimum Gasteiger partial charge on any atom is -0.508 e. The third-order valence-electron chi connectivity index (χ3n) is 9.21. The molecule has 0 heterocycles. The van der Waals surface area contributed by atoms with Crippen LogP contribution in [0.1, 0.15) is 84.9 Å². The van der Waals surface area contributed by atoms with Gasteiger partial charge in [0.25, 0.3) is 0 Å². The van der Waals surface area contributed by atoms with Crippen LogP contribution in [0.2, 0.25) is 0 Å². The Kier molecular flexibility index (Phi) is 6.79. The van der Waals surface area contributed by atoms with Crippen LogP contribution < -0.4 is 0 Å². The van der Waals surface area contributed by atoms with Gasteiger partial charge < -0.3 is 20.4 Å². The van der Waals surface area contributed by atoms with E-state index in [1.165, 1.54) is 6.07 Å². The molecule has 210 valence electrons. The quantitative estimate of drug-likeness (QED) is 0.358. The summed E-state index contributed by atoms with van der Waals surface area (Å²) in [5.41, 5.74) is -3.15. The van der Waals surface area contributed by atoms with Gasteiger partial charge in [0, 0.05) is 22.3 Å². The van der Waals surface area contributed by atoms with Gasteiger partial charge in [0.15, 0.2) is 17.2 Å². The molecule has 0 bridgehead atoms. The van der Waals surface area contributed by atoms with E-state index in [1.807, 2.05) is 13.8 Å². The molecule has 0 spiro atoms. The summed E-state index contributed by atoms with van der Waals surface area (Å²) in [6.45, 7) is 14.3. The van der Waals surface area contributed by atoms with Gasteiger partial charge in [0.2, 0.25) is 5.78 Å². The summed E-state index contributed by atoms with van der Waals surface area (Å²) < 4.78 is 0. The summed E-state index contributed by atoms with van der Waals surface area (Å²) in [5.74, 6) is -4.73. The number of rotatable bonds is 5. The first kappa shape index (κ1) is 28.8. The van der Waals surface area contributed by atoms with Gasteiger partial charge in [-0.25, -0.2) is 0 Å². The highest BCUT2D eigenvalue weighted by Gasteiger charge is 2.72. The van der Waals surface area contributed by atoms with Crippen LogP contribution in [0.25, 0.3) is 11.3 Å². The molecular formula is C32H40O7. The molecule has 1 aromatic rings. The van der Waals surface area contributed by atoms with Crippen molar-refractivity contribution in [3.8, 4) is 5.75 Å². The zero-order valence-electron chi connectivity index (χ0n) is 24.1. The van der Waals surface area contributed by atoms with Crippen molar-refractivity contribution in [2.24, 2.45) is 28.6 Å². The number of phenols is 1. The summed E-state index contributed by atoms with van der Waals surface area (Å²) in [7, 11) is 0.